The Hall–Kier alpha value is -1.50. The summed E-state index contributed by atoms with van der Waals surface area (Å²) in [6.45, 7) is 2.69. The number of thiophene rings is 1. The van der Waals surface area contributed by atoms with Gasteiger partial charge in [-0.15, -0.1) is 11.3 Å². The van der Waals surface area contributed by atoms with E-state index in [4.69, 9.17) is 21.1 Å². The molecule has 0 N–H and O–H groups in total. The first kappa shape index (κ1) is 17.3. The molecule has 126 valence electrons. The van der Waals surface area contributed by atoms with Gasteiger partial charge in [0.05, 0.1) is 13.7 Å². The molecule has 0 radical (unpaired) electrons. The molecule has 0 amide bonds. The van der Waals surface area contributed by atoms with Crippen LogP contribution in [0.1, 0.15) is 11.3 Å². The minimum atomic E-state index is 0.529. The van der Waals surface area contributed by atoms with E-state index >= 15 is 0 Å². The molecular weight excluding hydrogens is 364 g/mol. The zero-order valence-electron chi connectivity index (χ0n) is 13.4. The second kappa shape index (κ2) is 8.05. The summed E-state index contributed by atoms with van der Waals surface area (Å²) < 4.78 is 10.8. The van der Waals surface area contributed by atoms with Gasteiger partial charge in [-0.2, -0.15) is 0 Å². The maximum Gasteiger partial charge on any atom is 0.190 e. The molecule has 0 spiro atoms. The van der Waals surface area contributed by atoms with Crippen molar-refractivity contribution in [1.82, 2.24) is 9.97 Å². The number of aryl methyl sites for hydroxylation is 1. The van der Waals surface area contributed by atoms with Crippen molar-refractivity contribution < 1.29 is 9.47 Å². The van der Waals surface area contributed by atoms with Crippen molar-refractivity contribution in [2.75, 3.05) is 19.5 Å². The van der Waals surface area contributed by atoms with Crippen LogP contribution in [0.3, 0.4) is 0 Å². The molecule has 7 heteroatoms. The normalized spacial score (nSPS) is 11.0. The van der Waals surface area contributed by atoms with Gasteiger partial charge >= 0.3 is 0 Å². The lowest BCUT2D eigenvalue weighted by Gasteiger charge is -2.06. The first-order chi connectivity index (χ1) is 11.7. The fraction of sp³-hybridized carbons (Fsp3) is 0.294. The summed E-state index contributed by atoms with van der Waals surface area (Å²) in [5.41, 5.74) is 0. The minimum absolute atomic E-state index is 0.529. The van der Waals surface area contributed by atoms with E-state index in [1.165, 1.54) is 4.88 Å². The summed E-state index contributed by atoms with van der Waals surface area (Å²) >= 11 is 9.47. The highest BCUT2D eigenvalue weighted by Crippen LogP contribution is 2.30. The molecule has 0 saturated carbocycles. The van der Waals surface area contributed by atoms with E-state index in [0.717, 1.165) is 39.0 Å². The van der Waals surface area contributed by atoms with Crippen LogP contribution in [0, 0.1) is 6.92 Å². The third-order valence-corrected chi connectivity index (χ3v) is 5.46. The third kappa shape index (κ3) is 4.32. The van der Waals surface area contributed by atoms with E-state index in [2.05, 4.69) is 9.97 Å². The van der Waals surface area contributed by atoms with Crippen molar-refractivity contribution in [3.05, 3.63) is 40.4 Å². The summed E-state index contributed by atoms with van der Waals surface area (Å²) in [6, 6.07) is 9.61. The van der Waals surface area contributed by atoms with Gasteiger partial charge in [0.25, 0.3) is 0 Å². The molecule has 24 heavy (non-hydrogen) atoms. The largest absolute Gasteiger partial charge is 0.497 e. The highest BCUT2D eigenvalue weighted by molar-refractivity contribution is 7.99. The van der Waals surface area contributed by atoms with Gasteiger partial charge in [-0.1, -0.05) is 23.4 Å². The number of halogens is 1. The Morgan fingerprint density at radius 3 is 2.67 bits per heavy atom. The Bertz CT molecular complexity index is 821. The first-order valence-electron chi connectivity index (χ1n) is 7.49. The van der Waals surface area contributed by atoms with E-state index in [1.807, 2.05) is 37.3 Å². The molecule has 0 atom stereocenters. The summed E-state index contributed by atoms with van der Waals surface area (Å²) in [5, 5.41) is 2.19. The zero-order valence-corrected chi connectivity index (χ0v) is 15.8. The number of benzene rings is 1. The standard InChI is InChI=1S/C17H17ClN2O2S2/c1-11-10-14-15(18)19-17(20-16(14)24-11)23-9-3-8-22-13-6-4-12(21-2)5-7-13/h4-7,10H,3,8-9H2,1-2H3. The van der Waals surface area contributed by atoms with Crippen LogP contribution in [0.2, 0.25) is 5.15 Å². The van der Waals surface area contributed by atoms with Crippen molar-refractivity contribution in [3.63, 3.8) is 0 Å². The van der Waals surface area contributed by atoms with Gasteiger partial charge < -0.3 is 9.47 Å². The summed E-state index contributed by atoms with van der Waals surface area (Å²) in [6.07, 6.45) is 0.902. The SMILES string of the molecule is COc1ccc(OCCCSc2nc(Cl)c3cc(C)sc3n2)cc1. The van der Waals surface area contributed by atoms with Gasteiger partial charge in [0.1, 0.15) is 21.5 Å². The quantitative estimate of drug-likeness (QED) is 0.243. The number of fused-ring (bicyclic) bond motifs is 1. The smallest absolute Gasteiger partial charge is 0.190 e. The number of rotatable bonds is 7. The molecule has 0 fully saturated rings. The average Bonchev–Trinajstić information content (AvgIpc) is 2.96. The van der Waals surface area contributed by atoms with E-state index in [0.29, 0.717) is 11.8 Å². The van der Waals surface area contributed by atoms with Gasteiger partial charge in [-0.3, -0.25) is 0 Å². The van der Waals surface area contributed by atoms with Crippen molar-refractivity contribution in [2.24, 2.45) is 0 Å². The molecule has 2 heterocycles. The molecule has 0 unspecified atom stereocenters. The number of methoxy groups -OCH3 is 1. The number of thioether (sulfide) groups is 1. The Kier molecular flexibility index (Phi) is 5.81. The average molecular weight is 381 g/mol. The fourth-order valence-corrected chi connectivity index (χ4v) is 4.16. The third-order valence-electron chi connectivity index (χ3n) is 3.30. The monoisotopic (exact) mass is 380 g/mol. The van der Waals surface area contributed by atoms with Gasteiger partial charge in [0.2, 0.25) is 0 Å². The van der Waals surface area contributed by atoms with E-state index in [-0.39, 0.29) is 0 Å². The summed E-state index contributed by atoms with van der Waals surface area (Å²) in [4.78, 5) is 11.1. The molecule has 0 aliphatic carbocycles. The van der Waals surface area contributed by atoms with Crippen LogP contribution in [0.15, 0.2) is 35.5 Å². The van der Waals surface area contributed by atoms with Crippen molar-refractivity contribution >= 4 is 44.9 Å². The maximum atomic E-state index is 6.23. The van der Waals surface area contributed by atoms with E-state index < -0.39 is 0 Å². The molecule has 3 rings (SSSR count). The zero-order chi connectivity index (χ0) is 16.9. The van der Waals surface area contributed by atoms with Crippen molar-refractivity contribution in [1.29, 1.82) is 0 Å². The van der Waals surface area contributed by atoms with Gasteiger partial charge in [0, 0.05) is 16.0 Å². The van der Waals surface area contributed by atoms with Gasteiger partial charge in [0.15, 0.2) is 5.16 Å². The Balaban J connectivity index is 1.47. The van der Waals surface area contributed by atoms with Crippen LogP contribution in [0.4, 0.5) is 0 Å². The molecule has 0 bridgehead atoms. The second-order valence-electron chi connectivity index (χ2n) is 5.10. The minimum Gasteiger partial charge on any atom is -0.497 e. The van der Waals surface area contributed by atoms with E-state index in [1.54, 1.807) is 30.2 Å². The highest BCUT2D eigenvalue weighted by Gasteiger charge is 2.09. The predicted octanol–water partition coefficient (Wildman–Crippen LogP) is 5.22. The summed E-state index contributed by atoms with van der Waals surface area (Å²) in [7, 11) is 1.65. The summed E-state index contributed by atoms with van der Waals surface area (Å²) in [5.74, 6) is 2.55. The molecule has 2 aromatic heterocycles. The topological polar surface area (TPSA) is 44.2 Å². The Labute approximate surface area is 154 Å². The van der Waals surface area contributed by atoms with Gasteiger partial charge in [-0.05, 0) is 43.7 Å². The number of ether oxygens (including phenoxy) is 2. The van der Waals surface area contributed by atoms with Crippen LogP contribution in [-0.2, 0) is 0 Å². The van der Waals surface area contributed by atoms with Crippen molar-refractivity contribution in [2.45, 2.75) is 18.5 Å². The predicted molar refractivity (Wildman–Crippen MR) is 101 cm³/mol. The molecule has 4 nitrogen and oxygen atoms in total. The fourth-order valence-electron chi connectivity index (χ4n) is 2.14. The Morgan fingerprint density at radius 2 is 1.92 bits per heavy atom. The number of hydrogen-bond donors (Lipinski definition) is 0. The second-order valence-corrected chi connectivity index (χ2v) is 7.75. The highest BCUT2D eigenvalue weighted by atomic mass is 35.5. The van der Waals surface area contributed by atoms with Crippen LogP contribution in [0.25, 0.3) is 10.2 Å². The van der Waals surface area contributed by atoms with Crippen LogP contribution >= 0.6 is 34.7 Å². The van der Waals surface area contributed by atoms with Crippen LogP contribution in [-0.4, -0.2) is 29.4 Å². The molecule has 0 aliphatic rings. The molecule has 3 aromatic rings. The lowest BCUT2D eigenvalue weighted by atomic mass is 10.3. The molecular formula is C17H17ClN2O2S2. The van der Waals surface area contributed by atoms with Crippen molar-refractivity contribution in [3.8, 4) is 11.5 Å². The number of nitrogens with zero attached hydrogens (tertiary/aromatic N) is 2. The molecule has 1 aromatic carbocycles. The first-order valence-corrected chi connectivity index (χ1v) is 9.67. The van der Waals surface area contributed by atoms with Crippen LogP contribution in [0.5, 0.6) is 11.5 Å². The van der Waals surface area contributed by atoms with Gasteiger partial charge in [-0.25, -0.2) is 9.97 Å². The van der Waals surface area contributed by atoms with E-state index in [9.17, 15) is 0 Å². The lowest BCUT2D eigenvalue weighted by Crippen LogP contribution is -1.99. The molecule has 0 aliphatic heterocycles. The number of hydrogen-bond acceptors (Lipinski definition) is 6. The maximum absolute atomic E-state index is 6.23. The molecule has 0 saturated heterocycles. The lowest BCUT2D eigenvalue weighted by molar-refractivity contribution is 0.318. The number of aromatic nitrogens is 2. The Morgan fingerprint density at radius 1 is 1.17 bits per heavy atom. The van der Waals surface area contributed by atoms with Crippen LogP contribution < -0.4 is 9.47 Å².